The fourth-order valence-electron chi connectivity index (χ4n) is 1.94. The second-order valence-corrected chi connectivity index (χ2v) is 4.91. The molecular formula is C15H15F2N3O4. The maximum Gasteiger partial charge on any atom is 0.387 e. The number of nitrogens with zero attached hydrogens (tertiary/aromatic N) is 2. The van der Waals surface area contributed by atoms with Gasteiger partial charge in [0.05, 0.1) is 12.1 Å². The van der Waals surface area contributed by atoms with Crippen molar-refractivity contribution < 1.29 is 27.6 Å². The normalized spacial score (nSPS) is 10.5. The van der Waals surface area contributed by atoms with E-state index in [1.165, 1.54) is 37.4 Å². The number of hydrogen-bond acceptors (Lipinski definition) is 5. The van der Waals surface area contributed by atoms with Crippen LogP contribution in [0.4, 0.5) is 14.6 Å². The van der Waals surface area contributed by atoms with E-state index in [1.807, 2.05) is 0 Å². The van der Waals surface area contributed by atoms with E-state index in [0.29, 0.717) is 5.76 Å². The van der Waals surface area contributed by atoms with Crippen molar-refractivity contribution in [2.24, 2.45) is 0 Å². The van der Waals surface area contributed by atoms with Gasteiger partial charge in [-0.2, -0.15) is 8.78 Å². The number of likely N-dealkylation sites (N-methyl/N-ethyl adjacent to an activating group) is 1. The number of halogens is 2. The number of rotatable bonds is 6. The molecule has 24 heavy (non-hydrogen) atoms. The highest BCUT2D eigenvalue weighted by Gasteiger charge is 2.20. The molecule has 0 radical (unpaired) electrons. The molecule has 7 nitrogen and oxygen atoms in total. The lowest BCUT2D eigenvalue weighted by Crippen LogP contribution is -2.35. The molecule has 2 aromatic rings. The van der Waals surface area contributed by atoms with Crippen LogP contribution in [-0.4, -0.2) is 42.1 Å². The monoisotopic (exact) mass is 339 g/mol. The van der Waals surface area contributed by atoms with Crippen LogP contribution in [0, 0.1) is 6.92 Å². The highest BCUT2D eigenvalue weighted by atomic mass is 19.3. The third-order valence-electron chi connectivity index (χ3n) is 2.96. The summed E-state index contributed by atoms with van der Waals surface area (Å²) in [6, 6.07) is 7.10. The molecule has 1 aromatic heterocycles. The van der Waals surface area contributed by atoms with Gasteiger partial charge in [-0.05, 0) is 19.1 Å². The number of ether oxygens (including phenoxy) is 1. The van der Waals surface area contributed by atoms with Gasteiger partial charge < -0.3 is 19.5 Å². The van der Waals surface area contributed by atoms with Crippen molar-refractivity contribution in [2.45, 2.75) is 13.5 Å². The van der Waals surface area contributed by atoms with Crippen molar-refractivity contribution in [3.8, 4) is 5.75 Å². The van der Waals surface area contributed by atoms with Crippen LogP contribution in [0.1, 0.15) is 16.1 Å². The lowest BCUT2D eigenvalue weighted by atomic mass is 10.2. The number of nitrogens with one attached hydrogen (secondary N) is 1. The zero-order valence-corrected chi connectivity index (χ0v) is 13.0. The molecule has 0 aliphatic heterocycles. The van der Waals surface area contributed by atoms with Gasteiger partial charge in [-0.1, -0.05) is 17.3 Å². The SMILES string of the molecule is Cc1cc(NC(=O)CN(C)C(=O)c2ccccc2OC(F)F)no1. The van der Waals surface area contributed by atoms with E-state index < -0.39 is 18.4 Å². The van der Waals surface area contributed by atoms with E-state index >= 15 is 0 Å². The first-order chi connectivity index (χ1) is 11.4. The molecule has 2 rings (SSSR count). The highest BCUT2D eigenvalue weighted by molar-refractivity contribution is 6.00. The quantitative estimate of drug-likeness (QED) is 0.873. The Morgan fingerprint density at radius 2 is 2.08 bits per heavy atom. The fraction of sp³-hybridized carbons (Fsp3) is 0.267. The molecule has 0 unspecified atom stereocenters. The Labute approximate surface area is 136 Å². The van der Waals surface area contributed by atoms with Crippen LogP contribution in [0.15, 0.2) is 34.9 Å². The Balaban J connectivity index is 2.03. The Bertz CT molecular complexity index is 733. The van der Waals surface area contributed by atoms with Crippen molar-refractivity contribution >= 4 is 17.6 Å². The van der Waals surface area contributed by atoms with Crippen molar-refractivity contribution in [1.29, 1.82) is 0 Å². The summed E-state index contributed by atoms with van der Waals surface area (Å²) in [6.07, 6.45) is 0. The van der Waals surface area contributed by atoms with Gasteiger partial charge in [0.25, 0.3) is 5.91 Å². The van der Waals surface area contributed by atoms with Gasteiger partial charge in [-0.25, -0.2) is 0 Å². The van der Waals surface area contributed by atoms with E-state index in [-0.39, 0.29) is 23.7 Å². The standard InChI is InChI=1S/C15H15F2N3O4/c1-9-7-12(19-24-9)18-13(21)8-20(2)14(22)10-5-3-4-6-11(10)23-15(16)17/h3-7,15H,8H2,1-2H3,(H,18,19,21). The maximum absolute atomic E-state index is 12.4. The number of benzene rings is 1. The Kier molecular flexibility index (Phi) is 5.46. The molecule has 0 aliphatic rings. The van der Waals surface area contributed by atoms with Crippen LogP contribution in [0.3, 0.4) is 0 Å². The van der Waals surface area contributed by atoms with E-state index in [0.717, 1.165) is 4.90 Å². The summed E-state index contributed by atoms with van der Waals surface area (Å²) >= 11 is 0. The maximum atomic E-state index is 12.4. The Hall–Kier alpha value is -2.97. The average Bonchev–Trinajstić information content (AvgIpc) is 2.91. The number of amides is 2. The molecule has 128 valence electrons. The molecule has 1 heterocycles. The smallest absolute Gasteiger partial charge is 0.387 e. The average molecular weight is 339 g/mol. The molecule has 0 atom stereocenters. The van der Waals surface area contributed by atoms with Crippen LogP contribution in [0.5, 0.6) is 5.75 Å². The summed E-state index contributed by atoms with van der Waals surface area (Å²) < 4.78 is 33.9. The van der Waals surface area contributed by atoms with Gasteiger partial charge in [-0.3, -0.25) is 9.59 Å². The third-order valence-corrected chi connectivity index (χ3v) is 2.96. The number of anilines is 1. The van der Waals surface area contributed by atoms with Gasteiger partial charge >= 0.3 is 6.61 Å². The zero-order valence-electron chi connectivity index (χ0n) is 13.0. The molecule has 0 saturated carbocycles. The topological polar surface area (TPSA) is 84.7 Å². The second-order valence-electron chi connectivity index (χ2n) is 4.91. The first-order valence-corrected chi connectivity index (χ1v) is 6.89. The number of aryl methyl sites for hydroxylation is 1. The molecule has 2 amide bonds. The molecule has 9 heteroatoms. The van der Waals surface area contributed by atoms with Crippen molar-refractivity contribution in [3.05, 3.63) is 41.7 Å². The summed E-state index contributed by atoms with van der Waals surface area (Å²) in [5.74, 6) is -0.645. The van der Waals surface area contributed by atoms with Gasteiger partial charge in [0.15, 0.2) is 5.82 Å². The first kappa shape index (κ1) is 17.4. The number of para-hydroxylation sites is 1. The highest BCUT2D eigenvalue weighted by Crippen LogP contribution is 2.21. The van der Waals surface area contributed by atoms with Crippen LogP contribution in [0.25, 0.3) is 0 Å². The van der Waals surface area contributed by atoms with E-state index in [2.05, 4.69) is 15.2 Å². The molecule has 1 N–H and O–H groups in total. The van der Waals surface area contributed by atoms with Crippen molar-refractivity contribution in [2.75, 3.05) is 18.9 Å². The van der Waals surface area contributed by atoms with Crippen LogP contribution in [-0.2, 0) is 4.79 Å². The van der Waals surface area contributed by atoms with Crippen LogP contribution in [0.2, 0.25) is 0 Å². The van der Waals surface area contributed by atoms with Gasteiger partial charge in [0.2, 0.25) is 5.91 Å². The number of aromatic nitrogens is 1. The van der Waals surface area contributed by atoms with Gasteiger partial charge in [0.1, 0.15) is 11.5 Å². The molecule has 1 aromatic carbocycles. The third kappa shape index (κ3) is 4.51. The van der Waals surface area contributed by atoms with E-state index in [4.69, 9.17) is 4.52 Å². The summed E-state index contributed by atoms with van der Waals surface area (Å²) in [7, 11) is 1.37. The summed E-state index contributed by atoms with van der Waals surface area (Å²) in [6.45, 7) is -1.69. The predicted octanol–water partition coefficient (Wildman–Crippen LogP) is 2.30. The van der Waals surface area contributed by atoms with Gasteiger partial charge in [-0.15, -0.1) is 0 Å². The molecular weight excluding hydrogens is 324 g/mol. The summed E-state index contributed by atoms with van der Waals surface area (Å²) in [5, 5.41) is 6.06. The first-order valence-electron chi connectivity index (χ1n) is 6.89. The van der Waals surface area contributed by atoms with Crippen molar-refractivity contribution in [3.63, 3.8) is 0 Å². The van der Waals surface area contributed by atoms with Crippen LogP contribution >= 0.6 is 0 Å². The van der Waals surface area contributed by atoms with Crippen LogP contribution < -0.4 is 10.1 Å². The minimum absolute atomic E-state index is 0.0645. The van der Waals surface area contributed by atoms with E-state index in [1.54, 1.807) is 6.92 Å². The Morgan fingerprint density at radius 1 is 1.38 bits per heavy atom. The number of carbonyl (C=O) groups is 2. The largest absolute Gasteiger partial charge is 0.434 e. The number of alkyl halides is 2. The second kappa shape index (κ2) is 7.53. The number of hydrogen-bond donors (Lipinski definition) is 1. The van der Waals surface area contributed by atoms with Gasteiger partial charge in [0, 0.05) is 13.1 Å². The molecule has 0 spiro atoms. The number of carbonyl (C=O) groups excluding carboxylic acids is 2. The Morgan fingerprint density at radius 3 is 2.71 bits per heavy atom. The molecule has 0 fully saturated rings. The lowest BCUT2D eigenvalue weighted by Gasteiger charge is -2.18. The minimum Gasteiger partial charge on any atom is -0.434 e. The van der Waals surface area contributed by atoms with Crippen molar-refractivity contribution in [1.82, 2.24) is 10.1 Å². The molecule has 0 bridgehead atoms. The van der Waals surface area contributed by atoms with E-state index in [9.17, 15) is 18.4 Å². The molecule has 0 saturated heterocycles. The minimum atomic E-state index is -3.05. The zero-order chi connectivity index (χ0) is 17.7. The molecule has 0 aliphatic carbocycles. The summed E-state index contributed by atoms with van der Waals surface area (Å²) in [4.78, 5) is 25.3. The fourth-order valence-corrected chi connectivity index (χ4v) is 1.94. The summed E-state index contributed by atoms with van der Waals surface area (Å²) in [5.41, 5.74) is -0.0645. The predicted molar refractivity (Wildman–Crippen MR) is 79.9 cm³/mol. The lowest BCUT2D eigenvalue weighted by molar-refractivity contribution is -0.116.